The first-order valence-corrected chi connectivity index (χ1v) is 8.63. The lowest BCUT2D eigenvalue weighted by molar-refractivity contribution is 0.556. The summed E-state index contributed by atoms with van der Waals surface area (Å²) in [5.41, 5.74) is 0.500. The lowest BCUT2D eigenvalue weighted by Crippen LogP contribution is -2.04. The van der Waals surface area contributed by atoms with Gasteiger partial charge in [-0.05, 0) is 47.9 Å². The highest BCUT2D eigenvalue weighted by Gasteiger charge is 2.01. The van der Waals surface area contributed by atoms with Gasteiger partial charge >= 0.3 is 0 Å². The molecule has 0 N–H and O–H groups in total. The van der Waals surface area contributed by atoms with E-state index >= 15 is 0 Å². The SMILES string of the molecule is Fc1cccc(N=C(C=CSc2ccccc2)Oc2ccccc2)c1. The predicted octanol–water partition coefficient (Wildman–Crippen LogP) is 6.24. The van der Waals surface area contributed by atoms with E-state index in [4.69, 9.17) is 4.74 Å². The van der Waals surface area contributed by atoms with E-state index in [2.05, 4.69) is 4.99 Å². The first kappa shape index (κ1) is 17.0. The monoisotopic (exact) mass is 349 g/mol. The molecule has 124 valence electrons. The van der Waals surface area contributed by atoms with Crippen LogP contribution < -0.4 is 4.74 Å². The van der Waals surface area contributed by atoms with Gasteiger partial charge in [0, 0.05) is 11.0 Å². The maximum atomic E-state index is 13.4. The van der Waals surface area contributed by atoms with E-state index in [9.17, 15) is 4.39 Å². The van der Waals surface area contributed by atoms with Crippen molar-refractivity contribution in [1.82, 2.24) is 0 Å². The third-order valence-electron chi connectivity index (χ3n) is 3.17. The van der Waals surface area contributed by atoms with Crippen molar-refractivity contribution in [2.45, 2.75) is 4.90 Å². The molecule has 0 saturated heterocycles. The first-order valence-electron chi connectivity index (χ1n) is 7.75. The van der Waals surface area contributed by atoms with Crippen LogP contribution >= 0.6 is 11.8 Å². The van der Waals surface area contributed by atoms with E-state index in [-0.39, 0.29) is 5.82 Å². The van der Waals surface area contributed by atoms with Gasteiger partial charge in [0.05, 0.1) is 5.69 Å². The number of para-hydroxylation sites is 1. The topological polar surface area (TPSA) is 21.6 Å². The summed E-state index contributed by atoms with van der Waals surface area (Å²) in [5, 5.41) is 1.90. The molecule has 0 fully saturated rings. The third-order valence-corrected chi connectivity index (χ3v) is 3.99. The highest BCUT2D eigenvalue weighted by molar-refractivity contribution is 8.02. The van der Waals surface area contributed by atoms with Crippen molar-refractivity contribution >= 4 is 23.3 Å². The number of ether oxygens (including phenoxy) is 1. The number of hydrogen-bond donors (Lipinski definition) is 0. The van der Waals surface area contributed by atoms with Crippen LogP contribution in [0, 0.1) is 5.82 Å². The average molecular weight is 349 g/mol. The molecule has 2 nitrogen and oxygen atoms in total. The zero-order valence-corrected chi connectivity index (χ0v) is 14.2. The Bertz CT molecular complexity index is 863. The van der Waals surface area contributed by atoms with E-state index in [1.54, 1.807) is 30.0 Å². The Morgan fingerprint density at radius 2 is 1.60 bits per heavy atom. The molecule has 0 atom stereocenters. The average Bonchev–Trinajstić information content (AvgIpc) is 2.63. The van der Waals surface area contributed by atoms with Crippen LogP contribution in [0.1, 0.15) is 0 Å². The molecule has 0 spiro atoms. The van der Waals surface area contributed by atoms with Gasteiger partial charge in [-0.2, -0.15) is 0 Å². The molecule has 4 heteroatoms. The number of rotatable bonds is 5. The minimum atomic E-state index is -0.331. The molecular formula is C21H16FNOS. The Morgan fingerprint density at radius 1 is 0.880 bits per heavy atom. The molecule has 0 aliphatic carbocycles. The minimum Gasteiger partial charge on any atom is -0.439 e. The molecule has 0 aromatic heterocycles. The quantitative estimate of drug-likeness (QED) is 0.309. The molecule has 3 rings (SSSR count). The van der Waals surface area contributed by atoms with Gasteiger partial charge < -0.3 is 4.74 Å². The molecule has 0 unspecified atom stereocenters. The van der Waals surface area contributed by atoms with Gasteiger partial charge in [-0.3, -0.25) is 0 Å². The van der Waals surface area contributed by atoms with Crippen LogP contribution in [0.15, 0.2) is 106 Å². The summed E-state index contributed by atoms with van der Waals surface area (Å²) in [6.45, 7) is 0. The molecular weight excluding hydrogens is 333 g/mol. The Kier molecular flexibility index (Phi) is 6.01. The summed E-state index contributed by atoms with van der Waals surface area (Å²) in [6.07, 6.45) is 1.77. The number of halogens is 1. The van der Waals surface area contributed by atoms with Crippen molar-refractivity contribution in [2.24, 2.45) is 4.99 Å². The van der Waals surface area contributed by atoms with Gasteiger partial charge in [0.1, 0.15) is 11.6 Å². The number of thioether (sulfide) groups is 1. The lowest BCUT2D eigenvalue weighted by atomic mass is 10.3. The zero-order chi connectivity index (χ0) is 17.3. The van der Waals surface area contributed by atoms with Crippen LogP contribution in [0.2, 0.25) is 0 Å². The summed E-state index contributed by atoms with van der Waals surface area (Å²) < 4.78 is 19.2. The number of hydrogen-bond acceptors (Lipinski definition) is 3. The van der Waals surface area contributed by atoms with E-state index < -0.39 is 0 Å². The Morgan fingerprint density at radius 3 is 2.32 bits per heavy atom. The summed E-state index contributed by atoms with van der Waals surface area (Å²) >= 11 is 1.56. The maximum Gasteiger partial charge on any atom is 0.220 e. The van der Waals surface area contributed by atoms with Crippen molar-refractivity contribution < 1.29 is 9.13 Å². The number of aliphatic imine (C=N–C) groups is 1. The highest BCUT2D eigenvalue weighted by Crippen LogP contribution is 2.20. The van der Waals surface area contributed by atoms with Crippen molar-refractivity contribution in [1.29, 1.82) is 0 Å². The summed E-state index contributed by atoms with van der Waals surface area (Å²) in [6, 6.07) is 25.5. The second-order valence-corrected chi connectivity index (χ2v) is 6.06. The minimum absolute atomic E-state index is 0.331. The normalized spacial score (nSPS) is 11.6. The lowest BCUT2D eigenvalue weighted by Gasteiger charge is -2.05. The van der Waals surface area contributed by atoms with E-state index in [1.165, 1.54) is 12.1 Å². The Balaban J connectivity index is 1.81. The van der Waals surface area contributed by atoms with Crippen molar-refractivity contribution in [2.75, 3.05) is 0 Å². The molecule has 25 heavy (non-hydrogen) atoms. The van der Waals surface area contributed by atoms with Gasteiger partial charge in [-0.25, -0.2) is 9.38 Å². The summed E-state index contributed by atoms with van der Waals surface area (Å²) in [5.74, 6) is 0.732. The van der Waals surface area contributed by atoms with Gasteiger partial charge in [0.2, 0.25) is 5.90 Å². The number of benzene rings is 3. The largest absolute Gasteiger partial charge is 0.439 e. The molecule has 0 aliphatic rings. The Hall–Kier alpha value is -2.85. The maximum absolute atomic E-state index is 13.4. The number of nitrogens with zero attached hydrogens (tertiary/aromatic N) is 1. The second-order valence-electron chi connectivity index (χ2n) is 5.08. The standard InChI is InChI=1S/C21H16FNOS/c22-17-8-7-9-18(16-17)23-21(24-19-10-3-1-4-11-19)14-15-25-20-12-5-2-6-13-20/h1-16H. The second kappa shape index (κ2) is 8.85. The highest BCUT2D eigenvalue weighted by atomic mass is 32.2. The van der Waals surface area contributed by atoms with Gasteiger partial charge in [-0.1, -0.05) is 54.2 Å². The van der Waals surface area contributed by atoms with Gasteiger partial charge in [0.25, 0.3) is 0 Å². The molecule has 0 heterocycles. The molecule has 0 radical (unpaired) electrons. The van der Waals surface area contributed by atoms with Crippen molar-refractivity contribution in [3.05, 3.63) is 102 Å². The zero-order valence-electron chi connectivity index (χ0n) is 13.4. The van der Waals surface area contributed by atoms with Crippen LogP contribution in [-0.2, 0) is 0 Å². The van der Waals surface area contributed by atoms with Gasteiger partial charge in [-0.15, -0.1) is 0 Å². The van der Waals surface area contributed by atoms with Gasteiger partial charge in [0.15, 0.2) is 0 Å². The first-order chi connectivity index (χ1) is 12.3. The van der Waals surface area contributed by atoms with Crippen molar-refractivity contribution in [3.8, 4) is 5.75 Å². The summed E-state index contributed by atoms with van der Waals surface area (Å²) in [7, 11) is 0. The van der Waals surface area contributed by atoms with E-state index in [1.807, 2.05) is 66.1 Å². The van der Waals surface area contributed by atoms with E-state index in [0.29, 0.717) is 17.3 Å². The molecule has 3 aromatic rings. The van der Waals surface area contributed by atoms with Crippen LogP contribution in [0.4, 0.5) is 10.1 Å². The fourth-order valence-electron chi connectivity index (χ4n) is 2.05. The van der Waals surface area contributed by atoms with Crippen LogP contribution in [-0.4, -0.2) is 5.90 Å². The van der Waals surface area contributed by atoms with Crippen LogP contribution in [0.5, 0.6) is 5.75 Å². The Labute approximate surface area is 150 Å². The molecule has 0 amide bonds. The fourth-order valence-corrected chi connectivity index (χ4v) is 2.70. The molecule has 0 aliphatic heterocycles. The van der Waals surface area contributed by atoms with E-state index in [0.717, 1.165) is 4.90 Å². The predicted molar refractivity (Wildman–Crippen MR) is 102 cm³/mol. The molecule has 0 saturated carbocycles. The van der Waals surface area contributed by atoms with Crippen LogP contribution in [0.25, 0.3) is 0 Å². The smallest absolute Gasteiger partial charge is 0.220 e. The van der Waals surface area contributed by atoms with Crippen LogP contribution in [0.3, 0.4) is 0 Å². The molecule has 3 aromatic carbocycles. The molecule has 0 bridgehead atoms. The fraction of sp³-hybridized carbons (Fsp3) is 0. The third kappa shape index (κ3) is 5.62. The summed E-state index contributed by atoms with van der Waals surface area (Å²) in [4.78, 5) is 5.51. The van der Waals surface area contributed by atoms with Crippen molar-refractivity contribution in [3.63, 3.8) is 0 Å².